The third kappa shape index (κ3) is 2.47. The predicted octanol–water partition coefficient (Wildman–Crippen LogP) is 3.41. The van der Waals surface area contributed by atoms with E-state index >= 15 is 0 Å². The summed E-state index contributed by atoms with van der Waals surface area (Å²) in [5.74, 6) is 0. The predicted molar refractivity (Wildman–Crippen MR) is 60.9 cm³/mol. The largest absolute Gasteiger partial charge is 0.379 e. The topological polar surface area (TPSA) is 24.9 Å². The maximum absolute atomic E-state index is 5.67. The van der Waals surface area contributed by atoms with Gasteiger partial charge in [0, 0.05) is 11.4 Å². The van der Waals surface area contributed by atoms with Gasteiger partial charge in [0.05, 0.1) is 11.9 Å². The first kappa shape index (κ1) is 9.49. The molecule has 2 nitrogen and oxygen atoms in total. The Morgan fingerprint density at radius 3 is 2.93 bits per heavy atom. The van der Waals surface area contributed by atoms with E-state index in [2.05, 4.69) is 21.7 Å². The Bertz CT molecular complexity index is 383. The van der Waals surface area contributed by atoms with Crippen molar-refractivity contribution >= 4 is 28.6 Å². The molecule has 0 radical (unpaired) electrons. The summed E-state index contributed by atoms with van der Waals surface area (Å²) in [6.45, 7) is 0.834. The summed E-state index contributed by atoms with van der Waals surface area (Å²) in [7, 11) is 0. The molecule has 2 aromatic heterocycles. The van der Waals surface area contributed by atoms with Gasteiger partial charge in [-0.15, -0.1) is 11.3 Å². The maximum Gasteiger partial charge on any atom is 0.129 e. The van der Waals surface area contributed by atoms with E-state index in [1.807, 2.05) is 12.1 Å². The molecule has 4 heteroatoms. The minimum absolute atomic E-state index is 0.520. The molecule has 0 aliphatic rings. The van der Waals surface area contributed by atoms with Crippen LogP contribution in [0.5, 0.6) is 0 Å². The number of nitrogens with one attached hydrogen (secondary N) is 1. The van der Waals surface area contributed by atoms with Crippen LogP contribution in [0.2, 0.25) is 5.15 Å². The van der Waals surface area contributed by atoms with Crippen molar-refractivity contribution in [2.24, 2.45) is 0 Å². The highest BCUT2D eigenvalue weighted by Crippen LogP contribution is 2.13. The molecule has 0 amide bonds. The van der Waals surface area contributed by atoms with Crippen LogP contribution < -0.4 is 5.32 Å². The number of aromatic nitrogens is 1. The standard InChI is InChI=1S/C10H9ClN2S/c11-10-4-3-8(6-13-10)12-7-9-2-1-5-14-9/h1-6,12H,7H2. The minimum Gasteiger partial charge on any atom is -0.379 e. The highest BCUT2D eigenvalue weighted by molar-refractivity contribution is 7.09. The fourth-order valence-corrected chi connectivity index (χ4v) is 1.84. The molecule has 0 saturated carbocycles. The quantitative estimate of drug-likeness (QED) is 0.809. The van der Waals surface area contributed by atoms with Crippen LogP contribution in [0.1, 0.15) is 4.88 Å². The zero-order valence-electron chi connectivity index (χ0n) is 7.40. The SMILES string of the molecule is Clc1ccc(NCc2cccs2)cn1. The molecule has 0 spiro atoms. The molecule has 2 heterocycles. The summed E-state index contributed by atoms with van der Waals surface area (Å²) in [4.78, 5) is 5.29. The highest BCUT2D eigenvalue weighted by Gasteiger charge is 1.95. The molecule has 72 valence electrons. The summed E-state index contributed by atoms with van der Waals surface area (Å²) in [5, 5.41) is 5.85. The van der Waals surface area contributed by atoms with Gasteiger partial charge in [0.1, 0.15) is 5.15 Å². The van der Waals surface area contributed by atoms with Crippen LogP contribution in [-0.4, -0.2) is 4.98 Å². The Morgan fingerprint density at radius 1 is 1.36 bits per heavy atom. The molecule has 0 aliphatic carbocycles. The van der Waals surface area contributed by atoms with E-state index in [4.69, 9.17) is 11.6 Å². The number of nitrogens with zero attached hydrogens (tertiary/aromatic N) is 1. The van der Waals surface area contributed by atoms with E-state index in [1.54, 1.807) is 23.6 Å². The van der Waals surface area contributed by atoms with Crippen molar-refractivity contribution in [1.82, 2.24) is 4.98 Å². The van der Waals surface area contributed by atoms with Gasteiger partial charge in [-0.25, -0.2) is 4.98 Å². The lowest BCUT2D eigenvalue weighted by Crippen LogP contribution is -1.97. The molecule has 0 fully saturated rings. The first-order valence-electron chi connectivity index (χ1n) is 4.22. The first-order valence-corrected chi connectivity index (χ1v) is 5.48. The van der Waals surface area contributed by atoms with Gasteiger partial charge in [-0.3, -0.25) is 0 Å². The molecular weight excluding hydrogens is 216 g/mol. The number of anilines is 1. The Kier molecular flexibility index (Phi) is 3.01. The van der Waals surface area contributed by atoms with Crippen molar-refractivity contribution in [2.75, 3.05) is 5.32 Å². The summed E-state index contributed by atoms with van der Waals surface area (Å²) >= 11 is 7.41. The van der Waals surface area contributed by atoms with E-state index in [9.17, 15) is 0 Å². The van der Waals surface area contributed by atoms with Crippen molar-refractivity contribution < 1.29 is 0 Å². The zero-order valence-corrected chi connectivity index (χ0v) is 8.98. The summed E-state index contributed by atoms with van der Waals surface area (Å²) in [6, 6.07) is 7.84. The van der Waals surface area contributed by atoms with Gasteiger partial charge in [0.15, 0.2) is 0 Å². The number of rotatable bonds is 3. The van der Waals surface area contributed by atoms with Gasteiger partial charge in [0.25, 0.3) is 0 Å². The van der Waals surface area contributed by atoms with Gasteiger partial charge in [-0.05, 0) is 23.6 Å². The smallest absolute Gasteiger partial charge is 0.129 e. The fraction of sp³-hybridized carbons (Fsp3) is 0.100. The van der Waals surface area contributed by atoms with Gasteiger partial charge in [-0.1, -0.05) is 17.7 Å². The molecule has 0 bridgehead atoms. The van der Waals surface area contributed by atoms with Crippen LogP contribution >= 0.6 is 22.9 Å². The van der Waals surface area contributed by atoms with Gasteiger partial charge >= 0.3 is 0 Å². The zero-order chi connectivity index (χ0) is 9.80. The lowest BCUT2D eigenvalue weighted by atomic mass is 10.4. The number of hydrogen-bond donors (Lipinski definition) is 1. The molecular formula is C10H9ClN2S. The monoisotopic (exact) mass is 224 g/mol. The molecule has 2 rings (SSSR count). The van der Waals surface area contributed by atoms with Crippen LogP contribution in [-0.2, 0) is 6.54 Å². The van der Waals surface area contributed by atoms with Crippen LogP contribution in [0.15, 0.2) is 35.8 Å². The van der Waals surface area contributed by atoms with E-state index in [1.165, 1.54) is 4.88 Å². The van der Waals surface area contributed by atoms with Crippen LogP contribution in [0.4, 0.5) is 5.69 Å². The molecule has 0 unspecified atom stereocenters. The van der Waals surface area contributed by atoms with E-state index in [0.29, 0.717) is 5.15 Å². The van der Waals surface area contributed by atoms with Crippen molar-refractivity contribution in [3.8, 4) is 0 Å². The van der Waals surface area contributed by atoms with Crippen molar-refractivity contribution in [3.63, 3.8) is 0 Å². The molecule has 1 N–H and O–H groups in total. The van der Waals surface area contributed by atoms with E-state index in [-0.39, 0.29) is 0 Å². The summed E-state index contributed by atoms with van der Waals surface area (Å²) in [5.41, 5.74) is 0.989. The lowest BCUT2D eigenvalue weighted by molar-refractivity contribution is 1.17. The second kappa shape index (κ2) is 4.44. The second-order valence-corrected chi connectivity index (χ2v) is 4.22. The van der Waals surface area contributed by atoms with Crippen molar-refractivity contribution in [3.05, 3.63) is 45.9 Å². The molecule has 14 heavy (non-hydrogen) atoms. The average molecular weight is 225 g/mol. The lowest BCUT2D eigenvalue weighted by Gasteiger charge is -2.03. The summed E-state index contributed by atoms with van der Waals surface area (Å²) < 4.78 is 0. The third-order valence-electron chi connectivity index (χ3n) is 1.77. The number of thiophene rings is 1. The first-order chi connectivity index (χ1) is 6.84. The van der Waals surface area contributed by atoms with Gasteiger partial charge in [-0.2, -0.15) is 0 Å². The number of hydrogen-bond acceptors (Lipinski definition) is 3. The Morgan fingerprint density at radius 2 is 2.29 bits per heavy atom. The van der Waals surface area contributed by atoms with Gasteiger partial charge in [0.2, 0.25) is 0 Å². The summed E-state index contributed by atoms with van der Waals surface area (Å²) in [6.07, 6.45) is 1.73. The van der Waals surface area contributed by atoms with Crippen LogP contribution in [0.25, 0.3) is 0 Å². The van der Waals surface area contributed by atoms with Gasteiger partial charge < -0.3 is 5.32 Å². The second-order valence-electron chi connectivity index (χ2n) is 2.80. The number of halogens is 1. The molecule has 2 aromatic rings. The average Bonchev–Trinajstić information content (AvgIpc) is 2.70. The Balaban J connectivity index is 1.95. The van der Waals surface area contributed by atoms with Crippen LogP contribution in [0.3, 0.4) is 0 Å². The fourth-order valence-electron chi connectivity index (χ4n) is 1.08. The number of pyridine rings is 1. The molecule has 0 aliphatic heterocycles. The molecule has 0 aromatic carbocycles. The highest BCUT2D eigenvalue weighted by atomic mass is 35.5. The molecule has 0 saturated heterocycles. The third-order valence-corrected chi connectivity index (χ3v) is 2.87. The maximum atomic E-state index is 5.67. The van der Waals surface area contributed by atoms with Crippen molar-refractivity contribution in [1.29, 1.82) is 0 Å². The Labute approximate surface area is 91.6 Å². The van der Waals surface area contributed by atoms with E-state index < -0.39 is 0 Å². The normalized spacial score (nSPS) is 10.1. The Hall–Kier alpha value is -1.06. The van der Waals surface area contributed by atoms with Crippen LogP contribution in [0, 0.1) is 0 Å². The van der Waals surface area contributed by atoms with Crippen molar-refractivity contribution in [2.45, 2.75) is 6.54 Å². The minimum atomic E-state index is 0.520. The molecule has 0 atom stereocenters. The van der Waals surface area contributed by atoms with E-state index in [0.717, 1.165) is 12.2 Å².